The van der Waals surface area contributed by atoms with Crippen molar-refractivity contribution in [3.63, 3.8) is 0 Å². The van der Waals surface area contributed by atoms with Gasteiger partial charge < -0.3 is 9.84 Å². The average Bonchev–Trinajstić information content (AvgIpc) is 2.64. The van der Waals surface area contributed by atoms with Gasteiger partial charge in [0.25, 0.3) is 0 Å². The molecular formula is C9H17NO3S. The Hall–Kier alpha value is -0.260. The van der Waals surface area contributed by atoms with Crippen molar-refractivity contribution >= 4 is 17.7 Å². The van der Waals surface area contributed by atoms with Crippen LogP contribution in [0, 0.1) is 0 Å². The molecule has 0 aromatic rings. The summed E-state index contributed by atoms with van der Waals surface area (Å²) in [5.41, 5.74) is 0. The molecule has 1 saturated heterocycles. The maximum Gasteiger partial charge on any atom is 0.317 e. The summed E-state index contributed by atoms with van der Waals surface area (Å²) in [4.78, 5) is 12.6. The monoisotopic (exact) mass is 219 g/mol. The molecule has 1 atom stereocenters. The SMILES string of the molecule is COCCN(CC(=O)O)C1CCSC1. The summed E-state index contributed by atoms with van der Waals surface area (Å²) in [7, 11) is 1.64. The highest BCUT2D eigenvalue weighted by Gasteiger charge is 2.24. The number of hydrogen-bond donors (Lipinski definition) is 1. The lowest BCUT2D eigenvalue weighted by molar-refractivity contribution is -0.139. The van der Waals surface area contributed by atoms with Gasteiger partial charge in [-0.2, -0.15) is 11.8 Å². The fourth-order valence-electron chi connectivity index (χ4n) is 1.58. The number of carboxylic acid groups (broad SMARTS) is 1. The Labute approximate surface area is 88.6 Å². The maximum absolute atomic E-state index is 10.6. The van der Waals surface area contributed by atoms with Crippen LogP contribution in [-0.4, -0.2) is 60.3 Å². The minimum Gasteiger partial charge on any atom is -0.480 e. The predicted molar refractivity (Wildman–Crippen MR) is 56.8 cm³/mol. The molecule has 1 aliphatic rings. The Morgan fingerprint density at radius 3 is 3.00 bits per heavy atom. The van der Waals surface area contributed by atoms with Crippen molar-refractivity contribution in [1.29, 1.82) is 0 Å². The van der Waals surface area contributed by atoms with Gasteiger partial charge in [0, 0.05) is 25.4 Å². The van der Waals surface area contributed by atoms with Gasteiger partial charge in [-0.3, -0.25) is 9.69 Å². The summed E-state index contributed by atoms with van der Waals surface area (Å²) >= 11 is 1.90. The van der Waals surface area contributed by atoms with Gasteiger partial charge in [-0.15, -0.1) is 0 Å². The molecule has 1 rings (SSSR count). The van der Waals surface area contributed by atoms with Crippen LogP contribution in [0.2, 0.25) is 0 Å². The zero-order chi connectivity index (χ0) is 10.4. The van der Waals surface area contributed by atoms with E-state index < -0.39 is 5.97 Å². The minimum atomic E-state index is -0.752. The summed E-state index contributed by atoms with van der Waals surface area (Å²) < 4.78 is 4.97. The molecule has 1 fully saturated rings. The van der Waals surface area contributed by atoms with Crippen LogP contribution in [0.1, 0.15) is 6.42 Å². The second-order valence-corrected chi connectivity index (χ2v) is 4.52. The summed E-state index contributed by atoms with van der Waals surface area (Å²) in [6, 6.07) is 0.422. The second-order valence-electron chi connectivity index (χ2n) is 3.37. The highest BCUT2D eigenvalue weighted by atomic mass is 32.2. The molecule has 0 aromatic carbocycles. The molecule has 0 saturated carbocycles. The normalized spacial score (nSPS) is 21.7. The second kappa shape index (κ2) is 6.27. The zero-order valence-electron chi connectivity index (χ0n) is 8.44. The van der Waals surface area contributed by atoms with Crippen LogP contribution >= 0.6 is 11.8 Å². The number of rotatable bonds is 6. The van der Waals surface area contributed by atoms with E-state index in [4.69, 9.17) is 9.84 Å². The van der Waals surface area contributed by atoms with E-state index in [0.29, 0.717) is 19.2 Å². The summed E-state index contributed by atoms with van der Waals surface area (Å²) in [6.07, 6.45) is 1.10. The van der Waals surface area contributed by atoms with E-state index in [1.807, 2.05) is 16.7 Å². The molecule has 82 valence electrons. The van der Waals surface area contributed by atoms with Gasteiger partial charge in [-0.25, -0.2) is 0 Å². The van der Waals surface area contributed by atoms with Crippen molar-refractivity contribution in [3.05, 3.63) is 0 Å². The van der Waals surface area contributed by atoms with Crippen LogP contribution in [0.5, 0.6) is 0 Å². The molecule has 1 aliphatic heterocycles. The third kappa shape index (κ3) is 3.86. The fraction of sp³-hybridized carbons (Fsp3) is 0.889. The molecule has 0 aromatic heterocycles. The number of methoxy groups -OCH3 is 1. The molecule has 0 radical (unpaired) electrons. The summed E-state index contributed by atoms with van der Waals surface area (Å²) in [5.74, 6) is 1.45. The molecule has 14 heavy (non-hydrogen) atoms. The van der Waals surface area contributed by atoms with Crippen molar-refractivity contribution in [2.45, 2.75) is 12.5 Å². The first-order chi connectivity index (χ1) is 6.74. The van der Waals surface area contributed by atoms with Crippen LogP contribution in [0.15, 0.2) is 0 Å². The van der Waals surface area contributed by atoms with E-state index in [0.717, 1.165) is 17.9 Å². The van der Waals surface area contributed by atoms with Crippen molar-refractivity contribution in [2.75, 3.05) is 38.3 Å². The number of carbonyl (C=O) groups is 1. The largest absolute Gasteiger partial charge is 0.480 e. The van der Waals surface area contributed by atoms with Gasteiger partial charge in [-0.05, 0) is 12.2 Å². The summed E-state index contributed by atoms with van der Waals surface area (Å²) in [5, 5.41) is 8.75. The van der Waals surface area contributed by atoms with Crippen molar-refractivity contribution in [3.8, 4) is 0 Å². The molecule has 1 N–H and O–H groups in total. The standard InChI is InChI=1S/C9H17NO3S/c1-13-4-3-10(6-9(11)12)8-2-5-14-7-8/h8H,2-7H2,1H3,(H,11,12). The number of thioether (sulfide) groups is 1. The first kappa shape index (κ1) is 11.8. The lowest BCUT2D eigenvalue weighted by Crippen LogP contribution is -2.41. The first-order valence-electron chi connectivity index (χ1n) is 4.76. The van der Waals surface area contributed by atoms with Crippen LogP contribution in [0.25, 0.3) is 0 Å². The molecule has 0 bridgehead atoms. The molecule has 4 nitrogen and oxygen atoms in total. The molecule has 1 heterocycles. The van der Waals surface area contributed by atoms with Gasteiger partial charge in [0.2, 0.25) is 0 Å². The van der Waals surface area contributed by atoms with Crippen LogP contribution < -0.4 is 0 Å². The van der Waals surface area contributed by atoms with E-state index in [1.54, 1.807) is 7.11 Å². The quantitative estimate of drug-likeness (QED) is 0.706. The Bertz CT molecular complexity index is 183. The molecule has 1 unspecified atom stereocenters. The van der Waals surface area contributed by atoms with Gasteiger partial charge in [0.1, 0.15) is 0 Å². The third-order valence-corrected chi connectivity index (χ3v) is 3.49. The molecular weight excluding hydrogens is 202 g/mol. The highest BCUT2D eigenvalue weighted by Crippen LogP contribution is 2.21. The van der Waals surface area contributed by atoms with E-state index in [9.17, 15) is 4.79 Å². The highest BCUT2D eigenvalue weighted by molar-refractivity contribution is 7.99. The van der Waals surface area contributed by atoms with E-state index >= 15 is 0 Å². The molecule has 0 amide bonds. The minimum absolute atomic E-state index is 0.134. The lowest BCUT2D eigenvalue weighted by Gasteiger charge is -2.25. The fourth-order valence-corrected chi connectivity index (χ4v) is 2.84. The maximum atomic E-state index is 10.6. The van der Waals surface area contributed by atoms with Crippen molar-refractivity contribution in [1.82, 2.24) is 4.90 Å². The van der Waals surface area contributed by atoms with Gasteiger partial charge in [-0.1, -0.05) is 0 Å². The predicted octanol–water partition coefficient (Wildman–Crippen LogP) is 0.525. The van der Waals surface area contributed by atoms with Gasteiger partial charge >= 0.3 is 5.97 Å². The first-order valence-corrected chi connectivity index (χ1v) is 5.92. The topological polar surface area (TPSA) is 49.8 Å². The summed E-state index contributed by atoms with van der Waals surface area (Å²) in [6.45, 7) is 1.46. The molecule has 5 heteroatoms. The van der Waals surface area contributed by atoms with Crippen LogP contribution in [-0.2, 0) is 9.53 Å². The van der Waals surface area contributed by atoms with E-state index in [2.05, 4.69) is 0 Å². The number of carboxylic acids is 1. The lowest BCUT2D eigenvalue weighted by atomic mass is 10.2. The zero-order valence-corrected chi connectivity index (χ0v) is 9.26. The average molecular weight is 219 g/mol. The Kier molecular flexibility index (Phi) is 5.29. The molecule has 0 spiro atoms. The van der Waals surface area contributed by atoms with E-state index in [1.165, 1.54) is 0 Å². The third-order valence-electron chi connectivity index (χ3n) is 2.34. The number of nitrogens with zero attached hydrogens (tertiary/aromatic N) is 1. The van der Waals surface area contributed by atoms with Crippen molar-refractivity contribution < 1.29 is 14.6 Å². The van der Waals surface area contributed by atoms with Gasteiger partial charge in [0.05, 0.1) is 13.2 Å². The Balaban J connectivity index is 2.37. The van der Waals surface area contributed by atoms with E-state index in [-0.39, 0.29) is 6.54 Å². The number of aliphatic carboxylic acids is 1. The Morgan fingerprint density at radius 1 is 1.71 bits per heavy atom. The smallest absolute Gasteiger partial charge is 0.317 e. The van der Waals surface area contributed by atoms with Crippen LogP contribution in [0.4, 0.5) is 0 Å². The van der Waals surface area contributed by atoms with Crippen LogP contribution in [0.3, 0.4) is 0 Å². The number of ether oxygens (including phenoxy) is 1. The number of hydrogen-bond acceptors (Lipinski definition) is 4. The Morgan fingerprint density at radius 2 is 2.50 bits per heavy atom. The van der Waals surface area contributed by atoms with Gasteiger partial charge in [0.15, 0.2) is 0 Å². The molecule has 0 aliphatic carbocycles. The van der Waals surface area contributed by atoms with Crippen molar-refractivity contribution in [2.24, 2.45) is 0 Å².